The van der Waals surface area contributed by atoms with Crippen LogP contribution in [0.1, 0.15) is 23.5 Å². The lowest BCUT2D eigenvalue weighted by atomic mass is 9.98. The van der Waals surface area contributed by atoms with Crippen LogP contribution in [0, 0.1) is 0 Å². The Hall–Kier alpha value is -2.21. The van der Waals surface area contributed by atoms with E-state index in [-0.39, 0.29) is 12.5 Å². The van der Waals surface area contributed by atoms with E-state index in [1.54, 1.807) is 0 Å². The molecule has 124 valence electrons. The van der Waals surface area contributed by atoms with Gasteiger partial charge in [0.2, 0.25) is 0 Å². The standard InChI is InChI=1S/C19H19NO4/c20-19(23-10-5-11-24-19)18(21)22-12-17-15-8-3-1-6-13(15)14-7-2-4-9-16(14)17/h1-4,6-9,17H,5,10-12,20H2. The smallest absolute Gasteiger partial charge is 0.383 e. The molecule has 2 aliphatic rings. The normalized spacial score (nSPS) is 18.7. The fourth-order valence-corrected chi connectivity index (χ4v) is 3.37. The number of fused-ring (bicyclic) bond motifs is 3. The fraction of sp³-hybridized carbons (Fsp3) is 0.316. The zero-order chi connectivity index (χ0) is 16.6. The summed E-state index contributed by atoms with van der Waals surface area (Å²) < 4.78 is 16.0. The van der Waals surface area contributed by atoms with E-state index in [4.69, 9.17) is 19.9 Å². The molecule has 0 aromatic heterocycles. The highest BCUT2D eigenvalue weighted by atomic mass is 16.7. The van der Waals surface area contributed by atoms with Gasteiger partial charge in [-0.25, -0.2) is 4.79 Å². The summed E-state index contributed by atoms with van der Waals surface area (Å²) in [5.41, 5.74) is 10.5. The van der Waals surface area contributed by atoms with Crippen LogP contribution in [0.3, 0.4) is 0 Å². The molecule has 1 aliphatic heterocycles. The van der Waals surface area contributed by atoms with Gasteiger partial charge in [0.15, 0.2) is 0 Å². The maximum Gasteiger partial charge on any atom is 0.383 e. The molecule has 1 aliphatic carbocycles. The molecular formula is C19H19NO4. The van der Waals surface area contributed by atoms with Crippen molar-refractivity contribution in [3.05, 3.63) is 59.7 Å². The minimum Gasteiger partial charge on any atom is -0.460 e. The molecule has 1 fully saturated rings. The van der Waals surface area contributed by atoms with Gasteiger partial charge in [-0.1, -0.05) is 48.5 Å². The van der Waals surface area contributed by atoms with Gasteiger partial charge in [-0.15, -0.1) is 0 Å². The van der Waals surface area contributed by atoms with Crippen LogP contribution in [0.5, 0.6) is 0 Å². The van der Waals surface area contributed by atoms with E-state index in [1.807, 2.05) is 24.3 Å². The molecule has 0 spiro atoms. The number of hydrogen-bond donors (Lipinski definition) is 1. The highest BCUT2D eigenvalue weighted by Crippen LogP contribution is 2.44. The molecule has 4 rings (SSSR count). The average Bonchev–Trinajstić information content (AvgIpc) is 2.94. The number of carbonyl (C=O) groups is 1. The van der Waals surface area contributed by atoms with E-state index in [0.29, 0.717) is 13.2 Å². The molecule has 2 aromatic rings. The molecule has 0 radical (unpaired) electrons. The number of nitrogens with two attached hydrogens (primary N) is 1. The first-order chi connectivity index (χ1) is 11.7. The van der Waals surface area contributed by atoms with Crippen molar-refractivity contribution < 1.29 is 19.0 Å². The average molecular weight is 325 g/mol. The number of benzene rings is 2. The van der Waals surface area contributed by atoms with Crippen molar-refractivity contribution in [3.8, 4) is 11.1 Å². The van der Waals surface area contributed by atoms with Crippen LogP contribution in [0.2, 0.25) is 0 Å². The molecule has 2 N–H and O–H groups in total. The summed E-state index contributed by atoms with van der Waals surface area (Å²) in [6.45, 7) is 0.986. The second-order valence-electron chi connectivity index (χ2n) is 6.04. The quantitative estimate of drug-likeness (QED) is 0.878. The van der Waals surface area contributed by atoms with E-state index in [9.17, 15) is 4.79 Å². The minimum atomic E-state index is -1.78. The third kappa shape index (κ3) is 2.51. The Kier molecular flexibility index (Phi) is 3.84. The lowest BCUT2D eigenvalue weighted by Gasteiger charge is -2.31. The van der Waals surface area contributed by atoms with Gasteiger partial charge >= 0.3 is 11.9 Å². The van der Waals surface area contributed by atoms with E-state index in [1.165, 1.54) is 11.1 Å². The maximum atomic E-state index is 12.3. The third-order valence-corrected chi connectivity index (χ3v) is 4.55. The molecule has 0 bridgehead atoms. The largest absolute Gasteiger partial charge is 0.460 e. The van der Waals surface area contributed by atoms with Crippen LogP contribution in [0.15, 0.2) is 48.5 Å². The summed E-state index contributed by atoms with van der Waals surface area (Å²) in [7, 11) is 0. The zero-order valence-corrected chi connectivity index (χ0v) is 13.2. The summed E-state index contributed by atoms with van der Waals surface area (Å²) in [5, 5.41) is 0. The highest BCUT2D eigenvalue weighted by Gasteiger charge is 2.41. The van der Waals surface area contributed by atoms with Gasteiger partial charge in [-0.05, 0) is 28.7 Å². The molecule has 24 heavy (non-hydrogen) atoms. The predicted molar refractivity (Wildman–Crippen MR) is 88.1 cm³/mol. The number of carbonyl (C=O) groups excluding carboxylic acids is 1. The van der Waals surface area contributed by atoms with Crippen LogP contribution in [-0.2, 0) is 19.0 Å². The van der Waals surface area contributed by atoms with Gasteiger partial charge in [-0.2, -0.15) is 0 Å². The topological polar surface area (TPSA) is 70.8 Å². The molecular weight excluding hydrogens is 306 g/mol. The van der Waals surface area contributed by atoms with Crippen LogP contribution in [-0.4, -0.2) is 31.7 Å². The van der Waals surface area contributed by atoms with E-state index >= 15 is 0 Å². The van der Waals surface area contributed by atoms with Crippen molar-refractivity contribution in [3.63, 3.8) is 0 Å². The Morgan fingerprint density at radius 1 is 1.04 bits per heavy atom. The fourth-order valence-electron chi connectivity index (χ4n) is 3.37. The van der Waals surface area contributed by atoms with Gasteiger partial charge in [0.1, 0.15) is 6.61 Å². The Bertz CT molecular complexity index is 722. The second kappa shape index (κ2) is 6.02. The molecule has 0 saturated carbocycles. The number of rotatable bonds is 3. The van der Waals surface area contributed by atoms with Crippen LogP contribution in [0.25, 0.3) is 11.1 Å². The lowest BCUT2D eigenvalue weighted by Crippen LogP contribution is -2.56. The SMILES string of the molecule is NC1(C(=O)OCC2c3ccccc3-c3ccccc32)OCCCO1. The van der Waals surface area contributed by atoms with Gasteiger partial charge in [0.25, 0.3) is 0 Å². The van der Waals surface area contributed by atoms with Crippen molar-refractivity contribution >= 4 is 5.97 Å². The molecule has 0 amide bonds. The molecule has 1 heterocycles. The summed E-state index contributed by atoms with van der Waals surface area (Å²) >= 11 is 0. The van der Waals surface area contributed by atoms with Gasteiger partial charge in [0, 0.05) is 5.92 Å². The predicted octanol–water partition coefficient (Wildman–Crippen LogP) is 2.39. The Morgan fingerprint density at radius 3 is 2.17 bits per heavy atom. The second-order valence-corrected chi connectivity index (χ2v) is 6.04. The number of ether oxygens (including phenoxy) is 3. The molecule has 2 aromatic carbocycles. The highest BCUT2D eigenvalue weighted by molar-refractivity contribution is 5.80. The third-order valence-electron chi connectivity index (χ3n) is 4.55. The summed E-state index contributed by atoms with van der Waals surface area (Å²) in [4.78, 5) is 12.3. The van der Waals surface area contributed by atoms with Crippen molar-refractivity contribution in [1.82, 2.24) is 0 Å². The molecule has 0 atom stereocenters. The minimum absolute atomic E-state index is 0.00598. The summed E-state index contributed by atoms with van der Waals surface area (Å²) in [6.07, 6.45) is 0.718. The van der Waals surface area contributed by atoms with Crippen LogP contribution in [0.4, 0.5) is 0 Å². The van der Waals surface area contributed by atoms with E-state index in [0.717, 1.165) is 17.5 Å². The Balaban J connectivity index is 1.56. The first kappa shape index (κ1) is 15.3. The van der Waals surface area contributed by atoms with E-state index < -0.39 is 11.9 Å². The van der Waals surface area contributed by atoms with Crippen LogP contribution < -0.4 is 5.73 Å². The van der Waals surface area contributed by atoms with Crippen molar-refractivity contribution in [2.24, 2.45) is 5.73 Å². The van der Waals surface area contributed by atoms with E-state index in [2.05, 4.69) is 24.3 Å². The van der Waals surface area contributed by atoms with Crippen molar-refractivity contribution in [1.29, 1.82) is 0 Å². The molecule has 0 unspecified atom stereocenters. The Morgan fingerprint density at radius 2 is 1.58 bits per heavy atom. The first-order valence-electron chi connectivity index (χ1n) is 8.11. The van der Waals surface area contributed by atoms with Gasteiger partial charge < -0.3 is 14.2 Å². The number of esters is 1. The zero-order valence-electron chi connectivity index (χ0n) is 13.2. The molecule has 1 saturated heterocycles. The van der Waals surface area contributed by atoms with Gasteiger partial charge in [0.05, 0.1) is 13.2 Å². The molecule has 5 nitrogen and oxygen atoms in total. The van der Waals surface area contributed by atoms with Gasteiger partial charge in [-0.3, -0.25) is 5.73 Å². The lowest BCUT2D eigenvalue weighted by molar-refractivity contribution is -0.267. The molecule has 5 heteroatoms. The Labute approximate surface area is 140 Å². The van der Waals surface area contributed by atoms with Crippen molar-refractivity contribution in [2.45, 2.75) is 18.2 Å². The van der Waals surface area contributed by atoms with Crippen molar-refractivity contribution in [2.75, 3.05) is 19.8 Å². The summed E-state index contributed by atoms with van der Waals surface area (Å²) in [6, 6.07) is 16.3. The first-order valence-corrected chi connectivity index (χ1v) is 8.11. The monoisotopic (exact) mass is 325 g/mol. The number of hydrogen-bond acceptors (Lipinski definition) is 5. The van der Waals surface area contributed by atoms with Crippen LogP contribution >= 0.6 is 0 Å². The summed E-state index contributed by atoms with van der Waals surface area (Å²) in [5.74, 6) is -2.46. The maximum absolute atomic E-state index is 12.3.